The SMILES string of the molecule is COCCCNC(=O)/C(C#N)=C\Nc1ccc(I)cc1C. The Balaban J connectivity index is 2.63. The summed E-state index contributed by atoms with van der Waals surface area (Å²) in [7, 11) is 1.61. The smallest absolute Gasteiger partial charge is 0.263 e. The highest BCUT2D eigenvalue weighted by atomic mass is 127. The van der Waals surface area contributed by atoms with Crippen LogP contribution in [0.5, 0.6) is 0 Å². The zero-order valence-electron chi connectivity index (χ0n) is 12.1. The van der Waals surface area contributed by atoms with Crippen molar-refractivity contribution in [2.24, 2.45) is 0 Å². The van der Waals surface area contributed by atoms with E-state index in [0.29, 0.717) is 19.6 Å². The Morgan fingerprint density at radius 3 is 2.90 bits per heavy atom. The molecule has 0 aliphatic carbocycles. The van der Waals surface area contributed by atoms with Crippen molar-refractivity contribution in [2.75, 3.05) is 25.6 Å². The summed E-state index contributed by atoms with van der Waals surface area (Å²) in [6, 6.07) is 7.79. The minimum atomic E-state index is -0.385. The molecule has 0 atom stereocenters. The van der Waals surface area contributed by atoms with E-state index in [1.165, 1.54) is 6.20 Å². The van der Waals surface area contributed by atoms with Crippen molar-refractivity contribution in [3.63, 3.8) is 0 Å². The fourth-order valence-electron chi connectivity index (χ4n) is 1.60. The summed E-state index contributed by atoms with van der Waals surface area (Å²) in [6.07, 6.45) is 2.14. The molecular formula is C15H18IN3O2. The van der Waals surface area contributed by atoms with Crippen LogP contribution in [-0.2, 0) is 9.53 Å². The first-order valence-corrected chi connectivity index (χ1v) is 7.56. The summed E-state index contributed by atoms with van der Waals surface area (Å²) in [6.45, 7) is 3.02. The van der Waals surface area contributed by atoms with Crippen LogP contribution in [0.4, 0.5) is 5.69 Å². The van der Waals surface area contributed by atoms with Crippen LogP contribution >= 0.6 is 22.6 Å². The molecule has 5 nitrogen and oxygen atoms in total. The first-order valence-electron chi connectivity index (χ1n) is 6.48. The van der Waals surface area contributed by atoms with Gasteiger partial charge in [0.1, 0.15) is 11.6 Å². The molecule has 21 heavy (non-hydrogen) atoms. The lowest BCUT2D eigenvalue weighted by Gasteiger charge is -2.07. The van der Waals surface area contributed by atoms with Gasteiger partial charge >= 0.3 is 0 Å². The van der Waals surface area contributed by atoms with Gasteiger partial charge in [-0.05, 0) is 59.7 Å². The fraction of sp³-hybridized carbons (Fsp3) is 0.333. The Morgan fingerprint density at radius 1 is 1.52 bits per heavy atom. The molecule has 0 heterocycles. The number of rotatable bonds is 7. The highest BCUT2D eigenvalue weighted by Crippen LogP contribution is 2.17. The Kier molecular flexibility index (Phi) is 7.79. The summed E-state index contributed by atoms with van der Waals surface area (Å²) in [4.78, 5) is 11.8. The lowest BCUT2D eigenvalue weighted by atomic mass is 10.2. The average molecular weight is 399 g/mol. The first-order chi connectivity index (χ1) is 10.1. The van der Waals surface area contributed by atoms with E-state index in [1.807, 2.05) is 31.2 Å². The van der Waals surface area contributed by atoms with Crippen LogP contribution in [0.2, 0.25) is 0 Å². The molecule has 0 aliphatic heterocycles. The minimum absolute atomic E-state index is 0.0466. The molecule has 112 valence electrons. The van der Waals surface area contributed by atoms with Crippen molar-refractivity contribution >= 4 is 34.2 Å². The van der Waals surface area contributed by atoms with Crippen molar-refractivity contribution in [2.45, 2.75) is 13.3 Å². The van der Waals surface area contributed by atoms with Crippen LogP contribution in [0.25, 0.3) is 0 Å². The van der Waals surface area contributed by atoms with Gasteiger partial charge < -0.3 is 15.4 Å². The molecule has 6 heteroatoms. The number of nitrogens with zero attached hydrogens (tertiary/aromatic N) is 1. The van der Waals surface area contributed by atoms with E-state index in [2.05, 4.69) is 33.2 Å². The Hall–Kier alpha value is -1.59. The predicted octanol–water partition coefficient (Wildman–Crippen LogP) is 2.57. The Morgan fingerprint density at radius 2 is 2.29 bits per heavy atom. The van der Waals surface area contributed by atoms with Gasteiger partial charge in [-0.15, -0.1) is 0 Å². The number of nitriles is 1. The average Bonchev–Trinajstić information content (AvgIpc) is 2.46. The number of halogens is 1. The maximum atomic E-state index is 11.8. The van der Waals surface area contributed by atoms with Crippen LogP contribution in [0.15, 0.2) is 30.0 Å². The topological polar surface area (TPSA) is 74.1 Å². The van der Waals surface area contributed by atoms with Crippen LogP contribution in [0, 0.1) is 21.8 Å². The third-order valence-corrected chi connectivity index (χ3v) is 3.41. The number of anilines is 1. The standard InChI is InChI=1S/C15H18IN3O2/c1-11-8-13(16)4-5-14(11)19-10-12(9-17)15(20)18-6-3-7-21-2/h4-5,8,10,19H,3,6-7H2,1-2H3,(H,18,20)/b12-10-. The number of hydrogen-bond donors (Lipinski definition) is 2. The molecule has 1 rings (SSSR count). The molecule has 0 radical (unpaired) electrons. The Bertz CT molecular complexity index is 565. The molecule has 0 bridgehead atoms. The molecule has 2 N–H and O–H groups in total. The molecule has 0 unspecified atom stereocenters. The number of carbonyl (C=O) groups excluding carboxylic acids is 1. The van der Waals surface area contributed by atoms with Gasteiger partial charge in [-0.3, -0.25) is 4.79 Å². The van der Waals surface area contributed by atoms with Gasteiger partial charge in [0.25, 0.3) is 5.91 Å². The Labute approximate surface area is 138 Å². The molecule has 1 aromatic carbocycles. The first kappa shape index (κ1) is 17.5. The second kappa shape index (κ2) is 9.37. The van der Waals surface area contributed by atoms with Crippen LogP contribution in [0.1, 0.15) is 12.0 Å². The van der Waals surface area contributed by atoms with Crippen molar-refractivity contribution in [1.29, 1.82) is 5.26 Å². The number of amides is 1. The van der Waals surface area contributed by atoms with Gasteiger partial charge in [0.2, 0.25) is 0 Å². The quantitative estimate of drug-likeness (QED) is 0.320. The molecular weight excluding hydrogens is 381 g/mol. The van der Waals surface area contributed by atoms with Crippen molar-refractivity contribution in [3.8, 4) is 6.07 Å². The number of nitrogens with one attached hydrogen (secondary N) is 2. The second-order valence-electron chi connectivity index (χ2n) is 4.38. The van der Waals surface area contributed by atoms with Crippen molar-refractivity contribution < 1.29 is 9.53 Å². The maximum absolute atomic E-state index is 11.8. The van der Waals surface area contributed by atoms with E-state index in [9.17, 15) is 4.79 Å². The summed E-state index contributed by atoms with van der Waals surface area (Å²) in [5.41, 5.74) is 1.97. The molecule has 0 spiro atoms. The normalized spacial score (nSPS) is 10.9. The van der Waals surface area contributed by atoms with Crippen LogP contribution in [-0.4, -0.2) is 26.2 Å². The van der Waals surface area contributed by atoms with E-state index in [4.69, 9.17) is 10.00 Å². The van der Waals surface area contributed by atoms with Crippen molar-refractivity contribution in [1.82, 2.24) is 5.32 Å². The molecule has 0 saturated carbocycles. The largest absolute Gasteiger partial charge is 0.385 e. The van der Waals surface area contributed by atoms with Crippen LogP contribution in [0.3, 0.4) is 0 Å². The molecule has 0 aliphatic rings. The number of aryl methyl sites for hydroxylation is 1. The molecule has 1 aromatic rings. The third kappa shape index (κ3) is 6.14. The van der Waals surface area contributed by atoms with Gasteiger partial charge in [0.15, 0.2) is 0 Å². The predicted molar refractivity (Wildman–Crippen MR) is 90.7 cm³/mol. The highest BCUT2D eigenvalue weighted by Gasteiger charge is 2.08. The zero-order chi connectivity index (χ0) is 15.7. The minimum Gasteiger partial charge on any atom is -0.385 e. The summed E-state index contributed by atoms with van der Waals surface area (Å²) < 4.78 is 6.03. The number of hydrogen-bond acceptors (Lipinski definition) is 4. The molecule has 0 saturated heterocycles. The number of ether oxygens (including phenoxy) is 1. The van der Waals surface area contributed by atoms with Crippen molar-refractivity contribution in [3.05, 3.63) is 39.1 Å². The van der Waals surface area contributed by atoms with E-state index in [-0.39, 0.29) is 11.5 Å². The maximum Gasteiger partial charge on any atom is 0.263 e. The van der Waals surface area contributed by atoms with E-state index < -0.39 is 0 Å². The zero-order valence-corrected chi connectivity index (χ0v) is 14.2. The fourth-order valence-corrected chi connectivity index (χ4v) is 2.25. The number of methoxy groups -OCH3 is 1. The summed E-state index contributed by atoms with van der Waals surface area (Å²) in [5.74, 6) is -0.385. The summed E-state index contributed by atoms with van der Waals surface area (Å²) >= 11 is 2.23. The van der Waals surface area contributed by atoms with Gasteiger partial charge in [-0.2, -0.15) is 5.26 Å². The molecule has 1 amide bonds. The highest BCUT2D eigenvalue weighted by molar-refractivity contribution is 14.1. The van der Waals surface area contributed by atoms with Gasteiger partial charge in [0, 0.05) is 35.7 Å². The van der Waals surface area contributed by atoms with E-state index >= 15 is 0 Å². The molecule has 0 aromatic heterocycles. The monoisotopic (exact) mass is 399 g/mol. The lowest BCUT2D eigenvalue weighted by molar-refractivity contribution is -0.117. The van der Waals surface area contributed by atoms with Crippen LogP contribution < -0.4 is 10.6 Å². The van der Waals surface area contributed by atoms with Gasteiger partial charge in [0.05, 0.1) is 0 Å². The third-order valence-electron chi connectivity index (χ3n) is 2.74. The number of carbonyl (C=O) groups is 1. The van der Waals surface area contributed by atoms with E-state index in [0.717, 1.165) is 14.8 Å². The van der Waals surface area contributed by atoms with Gasteiger partial charge in [-0.25, -0.2) is 0 Å². The summed E-state index contributed by atoms with van der Waals surface area (Å²) in [5, 5.41) is 14.7. The molecule has 0 fully saturated rings. The number of benzene rings is 1. The van der Waals surface area contributed by atoms with E-state index in [1.54, 1.807) is 7.11 Å². The second-order valence-corrected chi connectivity index (χ2v) is 5.62. The lowest BCUT2D eigenvalue weighted by Crippen LogP contribution is -2.26. The van der Waals surface area contributed by atoms with Gasteiger partial charge in [-0.1, -0.05) is 0 Å².